The van der Waals surface area contributed by atoms with Crippen molar-refractivity contribution < 1.29 is 4.74 Å². The van der Waals surface area contributed by atoms with Crippen LogP contribution in [0.4, 0.5) is 0 Å². The van der Waals surface area contributed by atoms with Crippen LogP contribution in [-0.2, 0) is 5.75 Å². The van der Waals surface area contributed by atoms with Crippen molar-refractivity contribution in [1.29, 1.82) is 0 Å². The van der Waals surface area contributed by atoms with Gasteiger partial charge in [0, 0.05) is 5.56 Å². The first-order valence-electron chi connectivity index (χ1n) is 7.90. The van der Waals surface area contributed by atoms with Crippen LogP contribution < -0.4 is 10.3 Å². The lowest BCUT2D eigenvalue weighted by molar-refractivity contribution is 0.415. The molecule has 138 valence electrons. The zero-order valence-electron chi connectivity index (χ0n) is 14.3. The molecule has 0 amide bonds. The summed E-state index contributed by atoms with van der Waals surface area (Å²) in [6, 6.07) is 14.8. The van der Waals surface area contributed by atoms with Gasteiger partial charge in [-0.3, -0.25) is 9.89 Å². The fourth-order valence-corrected chi connectivity index (χ4v) is 3.19. The van der Waals surface area contributed by atoms with E-state index in [4.69, 9.17) is 4.74 Å². The van der Waals surface area contributed by atoms with E-state index >= 15 is 0 Å². The molecule has 0 saturated heterocycles. The van der Waals surface area contributed by atoms with E-state index in [0.29, 0.717) is 33.5 Å². The molecule has 0 atom stereocenters. The molecule has 0 radical (unpaired) electrons. The van der Waals surface area contributed by atoms with Gasteiger partial charge in [0.15, 0.2) is 5.82 Å². The minimum atomic E-state index is -0.139. The maximum Gasteiger partial charge on any atom is 0.258 e. The van der Waals surface area contributed by atoms with Gasteiger partial charge < -0.3 is 9.72 Å². The Balaban J connectivity index is 0.00000210. The van der Waals surface area contributed by atoms with E-state index in [1.54, 1.807) is 13.2 Å². The zero-order valence-corrected chi connectivity index (χ0v) is 15.9. The van der Waals surface area contributed by atoms with Crippen LogP contribution >= 0.6 is 24.2 Å². The molecule has 9 heteroatoms. The Hall–Kier alpha value is -2.84. The second-order valence-electron chi connectivity index (χ2n) is 5.51. The highest BCUT2D eigenvalue weighted by Crippen LogP contribution is 2.23. The number of H-pyrrole nitrogens is 2. The highest BCUT2D eigenvalue weighted by molar-refractivity contribution is 7.98. The number of fused-ring (bicyclic) bond motifs is 1. The minimum Gasteiger partial charge on any atom is -0.497 e. The number of hydrogen-bond donors (Lipinski definition) is 2. The van der Waals surface area contributed by atoms with Crippen LogP contribution in [0.25, 0.3) is 22.3 Å². The van der Waals surface area contributed by atoms with Crippen molar-refractivity contribution in [1.82, 2.24) is 25.1 Å². The molecule has 2 aromatic carbocycles. The van der Waals surface area contributed by atoms with Crippen LogP contribution in [0.1, 0.15) is 5.82 Å². The third-order valence-electron chi connectivity index (χ3n) is 3.83. The maximum absolute atomic E-state index is 12.1. The summed E-state index contributed by atoms with van der Waals surface area (Å²) in [7, 11) is 1.63. The highest BCUT2D eigenvalue weighted by Gasteiger charge is 2.09. The van der Waals surface area contributed by atoms with Gasteiger partial charge in [-0.2, -0.15) is 0 Å². The molecule has 0 spiro atoms. The van der Waals surface area contributed by atoms with Crippen molar-refractivity contribution in [3.05, 3.63) is 64.7 Å². The number of aromatic amines is 2. The second-order valence-corrected chi connectivity index (χ2v) is 6.46. The number of ether oxygens (including phenoxy) is 1. The van der Waals surface area contributed by atoms with Crippen molar-refractivity contribution in [2.45, 2.75) is 10.9 Å². The number of nitrogens with zero attached hydrogens (tertiary/aromatic N) is 3. The summed E-state index contributed by atoms with van der Waals surface area (Å²) >= 11 is 1.40. The predicted molar refractivity (Wildman–Crippen MR) is 108 cm³/mol. The summed E-state index contributed by atoms with van der Waals surface area (Å²) in [6.07, 6.45) is 0. The van der Waals surface area contributed by atoms with Crippen molar-refractivity contribution in [2.75, 3.05) is 7.11 Å². The van der Waals surface area contributed by atoms with Gasteiger partial charge in [-0.1, -0.05) is 23.9 Å². The minimum absolute atomic E-state index is 0. The number of para-hydroxylation sites is 1. The van der Waals surface area contributed by atoms with Gasteiger partial charge >= 0.3 is 0 Å². The van der Waals surface area contributed by atoms with E-state index in [2.05, 4.69) is 25.1 Å². The fraction of sp³-hybridized carbons (Fsp3) is 0.111. The number of rotatable bonds is 5. The average Bonchev–Trinajstić information content (AvgIpc) is 3.15. The lowest BCUT2D eigenvalue weighted by atomic mass is 10.2. The molecule has 2 aromatic heterocycles. The Morgan fingerprint density at radius 2 is 1.85 bits per heavy atom. The smallest absolute Gasteiger partial charge is 0.258 e. The van der Waals surface area contributed by atoms with Crippen molar-refractivity contribution in [2.24, 2.45) is 0 Å². The standard InChI is InChI=1S/C18H15N5O2S.ClH/c1-25-12-8-6-11(7-9-12)16-21-18(23-22-16)26-10-15-19-14-5-3-2-4-13(14)17(24)20-15;/h2-9H,10H2,1H3,(H,19,20,24)(H,21,22,23);1H. The zero-order chi connectivity index (χ0) is 17.9. The largest absolute Gasteiger partial charge is 0.497 e. The SMILES string of the molecule is COc1ccc(-c2nc(SCc3nc4ccccc4c(=O)[nH]3)n[nH]2)cc1.Cl. The van der Waals surface area contributed by atoms with Gasteiger partial charge in [-0.25, -0.2) is 9.97 Å². The molecule has 0 bridgehead atoms. The molecule has 0 aliphatic heterocycles. The second kappa shape index (κ2) is 8.24. The van der Waals surface area contributed by atoms with Gasteiger partial charge in [0.2, 0.25) is 5.16 Å². The van der Waals surface area contributed by atoms with Gasteiger partial charge in [0.05, 0.1) is 23.8 Å². The summed E-state index contributed by atoms with van der Waals surface area (Å²) in [5.74, 6) is 2.53. The van der Waals surface area contributed by atoms with Crippen LogP contribution in [0, 0.1) is 0 Å². The molecule has 0 unspecified atom stereocenters. The number of halogens is 1. The number of benzene rings is 2. The third-order valence-corrected chi connectivity index (χ3v) is 4.69. The first-order chi connectivity index (χ1) is 12.7. The van der Waals surface area contributed by atoms with Crippen LogP contribution in [0.2, 0.25) is 0 Å². The van der Waals surface area contributed by atoms with Gasteiger partial charge in [0.1, 0.15) is 11.6 Å². The van der Waals surface area contributed by atoms with Gasteiger partial charge in [-0.15, -0.1) is 17.5 Å². The van der Waals surface area contributed by atoms with Crippen molar-refractivity contribution in [3.63, 3.8) is 0 Å². The third kappa shape index (κ3) is 4.12. The number of aromatic nitrogens is 5. The summed E-state index contributed by atoms with van der Waals surface area (Å²) in [4.78, 5) is 23.9. The highest BCUT2D eigenvalue weighted by atomic mass is 35.5. The summed E-state index contributed by atoms with van der Waals surface area (Å²) < 4.78 is 5.15. The molecule has 0 aliphatic carbocycles. The van der Waals surface area contributed by atoms with E-state index in [1.807, 2.05) is 42.5 Å². The van der Waals surface area contributed by atoms with E-state index in [9.17, 15) is 4.79 Å². The monoisotopic (exact) mass is 401 g/mol. The quantitative estimate of drug-likeness (QED) is 0.497. The lowest BCUT2D eigenvalue weighted by Crippen LogP contribution is -2.11. The molecule has 0 fully saturated rings. The van der Waals surface area contributed by atoms with Crippen LogP contribution in [0.3, 0.4) is 0 Å². The predicted octanol–water partition coefficient (Wildman–Crippen LogP) is 3.43. The molecule has 27 heavy (non-hydrogen) atoms. The van der Waals surface area contributed by atoms with E-state index in [1.165, 1.54) is 11.8 Å². The molecule has 0 saturated carbocycles. The van der Waals surface area contributed by atoms with Crippen LogP contribution in [-0.4, -0.2) is 32.3 Å². The lowest BCUT2D eigenvalue weighted by Gasteiger charge is -2.01. The summed E-state index contributed by atoms with van der Waals surface area (Å²) in [6.45, 7) is 0. The van der Waals surface area contributed by atoms with E-state index < -0.39 is 0 Å². The average molecular weight is 402 g/mol. The number of nitrogens with one attached hydrogen (secondary N) is 2. The Bertz CT molecular complexity index is 1110. The maximum atomic E-state index is 12.1. The molecular weight excluding hydrogens is 386 g/mol. The first-order valence-corrected chi connectivity index (χ1v) is 8.89. The Morgan fingerprint density at radius 1 is 1.07 bits per heavy atom. The van der Waals surface area contributed by atoms with Gasteiger partial charge in [0.25, 0.3) is 5.56 Å². The topological polar surface area (TPSA) is 96.6 Å². The Morgan fingerprint density at radius 3 is 2.63 bits per heavy atom. The van der Waals surface area contributed by atoms with Crippen LogP contribution in [0.15, 0.2) is 58.5 Å². The summed E-state index contributed by atoms with van der Waals surface area (Å²) in [5.41, 5.74) is 1.46. The summed E-state index contributed by atoms with van der Waals surface area (Å²) in [5, 5.41) is 8.31. The van der Waals surface area contributed by atoms with Crippen molar-refractivity contribution in [3.8, 4) is 17.1 Å². The van der Waals surface area contributed by atoms with E-state index in [-0.39, 0.29) is 18.0 Å². The molecular formula is C18H16ClN5O2S. The van der Waals surface area contributed by atoms with Crippen molar-refractivity contribution >= 4 is 35.1 Å². The molecule has 4 aromatic rings. The number of hydrogen-bond acceptors (Lipinski definition) is 6. The number of thioether (sulfide) groups is 1. The molecule has 2 heterocycles. The van der Waals surface area contributed by atoms with Gasteiger partial charge in [-0.05, 0) is 36.4 Å². The normalized spacial score (nSPS) is 10.6. The Kier molecular flexibility index (Phi) is 5.78. The molecule has 0 aliphatic rings. The number of methoxy groups -OCH3 is 1. The molecule has 7 nitrogen and oxygen atoms in total. The fourth-order valence-electron chi connectivity index (χ4n) is 2.53. The van der Waals surface area contributed by atoms with E-state index in [0.717, 1.165) is 11.3 Å². The van der Waals surface area contributed by atoms with Crippen LogP contribution in [0.5, 0.6) is 5.75 Å². The first kappa shape index (κ1) is 18.9. The molecule has 2 N–H and O–H groups in total. The Labute approximate surface area is 165 Å². The molecule has 4 rings (SSSR count).